The summed E-state index contributed by atoms with van der Waals surface area (Å²) < 4.78 is 11.0. The maximum absolute atomic E-state index is 9.06. The van der Waals surface area contributed by atoms with E-state index in [1.54, 1.807) is 14.2 Å². The largest absolute Gasteiger partial charge is 0.383 e. The second kappa shape index (κ2) is 16.2. The monoisotopic (exact) mass is 332 g/mol. The summed E-state index contributed by atoms with van der Waals surface area (Å²) in [6.45, 7) is 14.0. The molecule has 0 aromatic rings. The Balaban J connectivity index is 0. The number of hydrogen-bond donors (Lipinski definition) is 1. The molecule has 0 aromatic heterocycles. The highest BCUT2D eigenvalue weighted by molar-refractivity contribution is 5.44. The van der Waals surface area contributed by atoms with E-state index in [0.29, 0.717) is 18.0 Å². The Morgan fingerprint density at radius 3 is 2.35 bits per heavy atom. The van der Waals surface area contributed by atoms with Gasteiger partial charge in [0.1, 0.15) is 0 Å². The second-order valence-electron chi connectivity index (χ2n) is 5.21. The maximum Gasteiger partial charge on any atom is 0.206 e. The number of rotatable bonds is 6. The van der Waals surface area contributed by atoms with Crippen molar-refractivity contribution in [1.29, 1.82) is 0 Å². The summed E-state index contributed by atoms with van der Waals surface area (Å²) in [5.74, 6) is 0. The first-order chi connectivity index (χ1) is 11.2. The molecule has 0 spiro atoms. The fourth-order valence-corrected chi connectivity index (χ4v) is 3.27. The van der Waals surface area contributed by atoms with Gasteiger partial charge in [-0.1, -0.05) is 27.7 Å². The second-order valence-corrected chi connectivity index (χ2v) is 5.21. The first-order valence-electron chi connectivity index (χ1n) is 9.18. The third-order valence-electron chi connectivity index (χ3n) is 4.09. The molecule has 2 aliphatic rings. The molecule has 2 fully saturated rings. The molecule has 0 radical (unpaired) electrons. The van der Waals surface area contributed by atoms with Gasteiger partial charge in [0, 0.05) is 32.3 Å². The van der Waals surface area contributed by atoms with Crippen LogP contribution in [0.25, 0.3) is 0 Å². The number of carbonyl (C=O) groups excluding carboxylic acids is 1. The Morgan fingerprint density at radius 1 is 1.26 bits per heavy atom. The highest BCUT2D eigenvalue weighted by Crippen LogP contribution is 2.42. The van der Waals surface area contributed by atoms with Crippen molar-refractivity contribution in [2.45, 2.75) is 71.9 Å². The Morgan fingerprint density at radius 2 is 1.87 bits per heavy atom. The average molecular weight is 333 g/mol. The third kappa shape index (κ3) is 8.13. The third-order valence-corrected chi connectivity index (χ3v) is 4.09. The van der Waals surface area contributed by atoms with E-state index in [4.69, 9.17) is 14.3 Å². The van der Waals surface area contributed by atoms with Gasteiger partial charge < -0.3 is 14.8 Å². The van der Waals surface area contributed by atoms with E-state index in [-0.39, 0.29) is 0 Å². The Hall–Kier alpha value is -0.650. The number of methoxy groups -OCH3 is 1. The van der Waals surface area contributed by atoms with Crippen molar-refractivity contribution in [1.82, 2.24) is 10.2 Å². The van der Waals surface area contributed by atoms with Gasteiger partial charge in [-0.3, -0.25) is 9.69 Å². The molecular weight excluding hydrogens is 292 g/mol. The molecule has 2 atom stereocenters. The number of nitrogens with zero attached hydrogens (tertiary/aromatic N) is 1. The minimum atomic E-state index is 0.360. The predicted molar refractivity (Wildman–Crippen MR) is 97.9 cm³/mol. The molecule has 0 bridgehead atoms. The lowest BCUT2D eigenvalue weighted by Gasteiger charge is -2.34. The summed E-state index contributed by atoms with van der Waals surface area (Å²) >= 11 is 0. The van der Waals surface area contributed by atoms with Crippen molar-refractivity contribution in [3.8, 4) is 0 Å². The number of ether oxygens (including phenoxy) is 2. The number of hydrogen-bond acceptors (Lipinski definition) is 4. The van der Waals surface area contributed by atoms with E-state index in [9.17, 15) is 0 Å². The molecule has 23 heavy (non-hydrogen) atoms. The topological polar surface area (TPSA) is 50.8 Å². The van der Waals surface area contributed by atoms with Gasteiger partial charge in [0.05, 0.1) is 13.2 Å². The molecule has 1 amide bonds. The van der Waals surface area contributed by atoms with Crippen LogP contribution in [0.5, 0.6) is 0 Å². The van der Waals surface area contributed by atoms with E-state index in [0.717, 1.165) is 19.8 Å². The summed E-state index contributed by atoms with van der Waals surface area (Å²) in [4.78, 5) is 11.7. The van der Waals surface area contributed by atoms with E-state index in [1.165, 1.54) is 32.2 Å². The molecular formula is C18H40N2O3. The lowest BCUT2D eigenvalue weighted by molar-refractivity contribution is -0.109. The van der Waals surface area contributed by atoms with Crippen LogP contribution in [0, 0.1) is 0 Å². The summed E-state index contributed by atoms with van der Waals surface area (Å²) in [6, 6.07) is 0.637. The quantitative estimate of drug-likeness (QED) is 0.760. The van der Waals surface area contributed by atoms with Crippen molar-refractivity contribution < 1.29 is 14.3 Å². The molecule has 5 nitrogen and oxygen atoms in total. The lowest BCUT2D eigenvalue weighted by atomic mass is 9.95. The Kier molecular flexibility index (Phi) is 17.3. The normalized spacial score (nSPS) is 24.9. The van der Waals surface area contributed by atoms with Gasteiger partial charge in [-0.25, -0.2) is 0 Å². The van der Waals surface area contributed by atoms with E-state index < -0.39 is 0 Å². The van der Waals surface area contributed by atoms with E-state index in [2.05, 4.69) is 17.1 Å². The maximum atomic E-state index is 9.06. The highest BCUT2D eigenvalue weighted by atomic mass is 16.5. The van der Waals surface area contributed by atoms with Gasteiger partial charge in [-0.2, -0.15) is 0 Å². The lowest BCUT2D eigenvalue weighted by Crippen LogP contribution is -2.46. The van der Waals surface area contributed by atoms with Crippen molar-refractivity contribution in [2.24, 2.45) is 0 Å². The van der Waals surface area contributed by atoms with Gasteiger partial charge in [0.25, 0.3) is 0 Å². The summed E-state index contributed by atoms with van der Waals surface area (Å²) in [6.07, 6.45) is 5.84. The molecule has 0 saturated carbocycles. The van der Waals surface area contributed by atoms with Crippen molar-refractivity contribution in [2.75, 3.05) is 40.5 Å². The molecule has 0 aliphatic carbocycles. The Labute approximate surface area is 144 Å². The van der Waals surface area contributed by atoms with Gasteiger partial charge in [0.2, 0.25) is 6.41 Å². The van der Waals surface area contributed by atoms with Crippen LogP contribution in [0.4, 0.5) is 0 Å². The number of amides is 1. The van der Waals surface area contributed by atoms with Crippen LogP contribution >= 0.6 is 0 Å². The van der Waals surface area contributed by atoms with Crippen LogP contribution in [0.3, 0.4) is 0 Å². The standard InChI is InChI=1S/C12H23NO2.C2H5NO.2C2H6/c1-3-15-10-12-6-4-8-13(12)11(5-7-12)9-14-2;1-3-2-4;2*1-2/h11H,3-10H2,1-2H3;2H,1H3,(H,3,4);2*1-2H3. The van der Waals surface area contributed by atoms with Gasteiger partial charge in [-0.05, 0) is 39.2 Å². The van der Waals surface area contributed by atoms with Crippen molar-refractivity contribution in [3.63, 3.8) is 0 Å². The average Bonchev–Trinajstić information content (AvgIpc) is 3.17. The molecule has 2 rings (SSSR count). The van der Waals surface area contributed by atoms with Gasteiger partial charge in [-0.15, -0.1) is 0 Å². The van der Waals surface area contributed by atoms with Gasteiger partial charge >= 0.3 is 0 Å². The molecule has 2 saturated heterocycles. The van der Waals surface area contributed by atoms with Crippen molar-refractivity contribution >= 4 is 6.41 Å². The zero-order valence-electron chi connectivity index (χ0n) is 16.5. The van der Waals surface area contributed by atoms with E-state index >= 15 is 0 Å². The van der Waals surface area contributed by atoms with Crippen LogP contribution in [0.1, 0.15) is 60.3 Å². The van der Waals surface area contributed by atoms with Crippen LogP contribution in [0.2, 0.25) is 0 Å². The molecule has 5 heteroatoms. The van der Waals surface area contributed by atoms with Gasteiger partial charge in [0.15, 0.2) is 0 Å². The fourth-order valence-electron chi connectivity index (χ4n) is 3.27. The molecule has 140 valence electrons. The summed E-state index contributed by atoms with van der Waals surface area (Å²) in [7, 11) is 3.37. The summed E-state index contributed by atoms with van der Waals surface area (Å²) in [5.41, 5.74) is 0.360. The van der Waals surface area contributed by atoms with E-state index in [1.807, 2.05) is 27.7 Å². The summed E-state index contributed by atoms with van der Waals surface area (Å²) in [5, 5.41) is 2.25. The SMILES string of the molecule is CC.CC.CCOCC12CCCN1C(COC)CC2.CNC=O. The minimum absolute atomic E-state index is 0.360. The molecule has 0 aromatic carbocycles. The minimum Gasteiger partial charge on any atom is -0.383 e. The smallest absolute Gasteiger partial charge is 0.206 e. The molecule has 2 aliphatic heterocycles. The van der Waals surface area contributed by atoms with Crippen LogP contribution in [-0.2, 0) is 14.3 Å². The number of nitrogens with one attached hydrogen (secondary N) is 1. The fraction of sp³-hybridized carbons (Fsp3) is 0.944. The zero-order chi connectivity index (χ0) is 18.1. The first kappa shape index (κ1) is 24.6. The van der Waals surface area contributed by atoms with Crippen LogP contribution < -0.4 is 5.32 Å². The van der Waals surface area contributed by atoms with Crippen molar-refractivity contribution in [3.05, 3.63) is 0 Å². The van der Waals surface area contributed by atoms with Crippen LogP contribution in [-0.4, -0.2) is 63.4 Å². The zero-order valence-corrected chi connectivity index (χ0v) is 16.5. The highest BCUT2D eigenvalue weighted by Gasteiger charge is 2.48. The van der Waals surface area contributed by atoms with Crippen LogP contribution in [0.15, 0.2) is 0 Å². The predicted octanol–water partition coefficient (Wildman–Crippen LogP) is 3.08. The Bertz CT molecular complexity index is 265. The first-order valence-corrected chi connectivity index (χ1v) is 9.18. The molecule has 1 N–H and O–H groups in total. The molecule has 2 heterocycles. The number of fused-ring (bicyclic) bond motifs is 1. The number of carbonyl (C=O) groups is 1. The molecule has 2 unspecified atom stereocenters.